The van der Waals surface area contributed by atoms with Gasteiger partial charge >= 0.3 is 0 Å². The highest BCUT2D eigenvalue weighted by Gasteiger charge is 2.13. The van der Waals surface area contributed by atoms with Gasteiger partial charge < -0.3 is 4.74 Å². The van der Waals surface area contributed by atoms with Crippen LogP contribution in [0.15, 0.2) is 133 Å². The minimum atomic E-state index is 0.878. The molecule has 4 heteroatoms. The number of hydrogen-bond donors (Lipinski definition) is 0. The molecule has 0 aliphatic rings. The predicted octanol–water partition coefficient (Wildman–Crippen LogP) is 13.5. The van der Waals surface area contributed by atoms with Gasteiger partial charge in [0, 0.05) is 39.3 Å². The van der Waals surface area contributed by atoms with Crippen LogP contribution in [0.3, 0.4) is 0 Å². The predicted molar refractivity (Wildman–Crippen MR) is 203 cm³/mol. The van der Waals surface area contributed by atoms with Crippen LogP contribution in [0, 0.1) is 6.92 Å². The fourth-order valence-electron chi connectivity index (χ4n) is 6.31. The molecule has 0 fully saturated rings. The van der Waals surface area contributed by atoms with Crippen LogP contribution in [0.5, 0.6) is 5.75 Å². The number of fused-ring (bicyclic) bond motifs is 5. The second-order valence-electron chi connectivity index (χ2n) is 11.8. The van der Waals surface area contributed by atoms with Gasteiger partial charge in [-0.25, -0.2) is 0 Å². The zero-order valence-corrected chi connectivity index (χ0v) is 27.8. The van der Waals surface area contributed by atoms with Crippen LogP contribution in [0.4, 0.5) is 0 Å². The summed E-state index contributed by atoms with van der Waals surface area (Å²) in [4.78, 5) is 2.62. The summed E-state index contributed by atoms with van der Waals surface area (Å²) in [5, 5.41) is 5.33. The van der Waals surface area contributed by atoms with Gasteiger partial charge in [-0.15, -0.1) is 34.0 Å². The van der Waals surface area contributed by atoms with E-state index in [0.29, 0.717) is 0 Å². The van der Waals surface area contributed by atoms with E-state index in [-0.39, 0.29) is 0 Å². The van der Waals surface area contributed by atoms with E-state index < -0.39 is 0 Å². The number of rotatable bonds is 5. The first kappa shape index (κ1) is 27.6. The lowest BCUT2D eigenvalue weighted by Crippen LogP contribution is -1.82. The van der Waals surface area contributed by atoms with Crippen molar-refractivity contribution in [2.24, 2.45) is 0 Å². The van der Waals surface area contributed by atoms with Crippen molar-refractivity contribution in [3.8, 4) is 48.9 Å². The van der Waals surface area contributed by atoms with Gasteiger partial charge in [-0.2, -0.15) is 0 Å². The molecule has 9 rings (SSSR count). The maximum Gasteiger partial charge on any atom is 0.118 e. The molecule has 3 heterocycles. The van der Waals surface area contributed by atoms with Crippen LogP contribution >= 0.6 is 34.0 Å². The number of thiophene rings is 3. The Morgan fingerprint density at radius 2 is 0.783 bits per heavy atom. The molecule has 0 radical (unpaired) electrons. The molecule has 3 aromatic heterocycles. The molecule has 0 aliphatic carbocycles. The lowest BCUT2D eigenvalue weighted by atomic mass is 10.0. The molecule has 0 saturated carbocycles. The maximum absolute atomic E-state index is 5.31. The monoisotopic (exact) mass is 644 g/mol. The minimum Gasteiger partial charge on any atom is -0.497 e. The van der Waals surface area contributed by atoms with E-state index in [2.05, 4.69) is 128 Å². The average Bonchev–Trinajstić information content (AvgIpc) is 3.81. The Bertz CT molecular complexity index is 2530. The standard InChI is InChI=1S/C42H28OS3/c1-25-3-5-26(6-4-25)27-7-11-30(12-8-27)37-21-32-19-35-36-20-33-22-38(45-40(33)24-42(36)46-41(35)23-39(32)44-37)31-13-9-28(10-14-31)29-15-17-34(43-2)18-16-29/h3-24H,1-2H3. The first-order valence-corrected chi connectivity index (χ1v) is 17.8. The summed E-state index contributed by atoms with van der Waals surface area (Å²) >= 11 is 5.67. The van der Waals surface area contributed by atoms with Gasteiger partial charge in [0.2, 0.25) is 0 Å². The second-order valence-corrected chi connectivity index (χ2v) is 15.1. The first-order valence-electron chi connectivity index (χ1n) is 15.3. The van der Waals surface area contributed by atoms with Crippen LogP contribution < -0.4 is 4.74 Å². The molecule has 0 N–H and O–H groups in total. The van der Waals surface area contributed by atoms with Gasteiger partial charge in [-0.05, 0) is 99.6 Å². The molecule has 0 spiro atoms. The summed E-state index contributed by atoms with van der Waals surface area (Å²) in [7, 11) is 1.70. The molecule has 0 atom stereocenters. The highest BCUT2D eigenvalue weighted by Crippen LogP contribution is 2.44. The van der Waals surface area contributed by atoms with E-state index in [1.165, 1.54) is 89.0 Å². The quantitative estimate of drug-likeness (QED) is 0.181. The number of ether oxygens (including phenoxy) is 1. The van der Waals surface area contributed by atoms with Crippen LogP contribution in [-0.2, 0) is 0 Å². The molecule has 1 nitrogen and oxygen atoms in total. The third-order valence-electron chi connectivity index (χ3n) is 8.89. The number of aryl methyl sites for hydroxylation is 1. The van der Waals surface area contributed by atoms with Crippen LogP contribution in [-0.4, -0.2) is 7.11 Å². The van der Waals surface area contributed by atoms with Gasteiger partial charge in [0.15, 0.2) is 0 Å². The lowest BCUT2D eigenvalue weighted by molar-refractivity contribution is 0.415. The Morgan fingerprint density at radius 3 is 1.22 bits per heavy atom. The van der Waals surface area contributed by atoms with Crippen molar-refractivity contribution < 1.29 is 4.74 Å². The smallest absolute Gasteiger partial charge is 0.118 e. The van der Waals surface area contributed by atoms with E-state index >= 15 is 0 Å². The first-order chi connectivity index (χ1) is 22.6. The Kier molecular flexibility index (Phi) is 6.56. The fourth-order valence-corrected chi connectivity index (χ4v) is 9.79. The highest BCUT2D eigenvalue weighted by atomic mass is 32.1. The molecule has 0 unspecified atom stereocenters. The van der Waals surface area contributed by atoms with Crippen molar-refractivity contribution in [3.05, 3.63) is 139 Å². The summed E-state index contributed by atoms with van der Waals surface area (Å²) in [6.45, 7) is 2.13. The van der Waals surface area contributed by atoms with Crippen molar-refractivity contribution in [1.29, 1.82) is 0 Å². The number of hydrogen-bond acceptors (Lipinski definition) is 4. The van der Waals surface area contributed by atoms with Gasteiger partial charge in [0.1, 0.15) is 5.75 Å². The Hall–Kier alpha value is -4.74. The van der Waals surface area contributed by atoms with Crippen molar-refractivity contribution in [3.63, 3.8) is 0 Å². The van der Waals surface area contributed by atoms with E-state index in [4.69, 9.17) is 4.74 Å². The molecule has 0 bridgehead atoms. The van der Waals surface area contributed by atoms with E-state index in [1.54, 1.807) is 7.11 Å². The molecule has 9 aromatic rings. The zero-order valence-electron chi connectivity index (χ0n) is 25.3. The summed E-state index contributed by atoms with van der Waals surface area (Å²) in [5.41, 5.74) is 8.73. The average molecular weight is 645 g/mol. The third kappa shape index (κ3) is 4.81. The van der Waals surface area contributed by atoms with Gasteiger partial charge in [0.25, 0.3) is 0 Å². The van der Waals surface area contributed by atoms with Gasteiger partial charge in [-0.3, -0.25) is 0 Å². The molecular formula is C42H28OS3. The second kappa shape index (κ2) is 11.0. The molecule has 46 heavy (non-hydrogen) atoms. The lowest BCUT2D eigenvalue weighted by Gasteiger charge is -2.05. The van der Waals surface area contributed by atoms with E-state index in [1.807, 2.05) is 46.1 Å². The van der Waals surface area contributed by atoms with E-state index in [0.717, 1.165) is 5.75 Å². The SMILES string of the molecule is COc1ccc(-c2ccc(-c3cc4cc5c(cc4s3)sc3cc4sc(-c6ccc(-c7ccc(C)cc7)cc6)cc4cc35)cc2)cc1. The fraction of sp³-hybridized carbons (Fsp3) is 0.0476. The Labute approximate surface area is 279 Å². The van der Waals surface area contributed by atoms with Crippen molar-refractivity contribution >= 4 is 74.4 Å². The minimum absolute atomic E-state index is 0.878. The highest BCUT2D eigenvalue weighted by molar-refractivity contribution is 7.27. The summed E-state index contributed by atoms with van der Waals surface area (Å²) in [6.07, 6.45) is 0. The van der Waals surface area contributed by atoms with Crippen molar-refractivity contribution in [1.82, 2.24) is 0 Å². The van der Waals surface area contributed by atoms with E-state index in [9.17, 15) is 0 Å². The molecule has 0 amide bonds. The molecule has 6 aromatic carbocycles. The van der Waals surface area contributed by atoms with Crippen LogP contribution in [0.1, 0.15) is 5.56 Å². The number of methoxy groups -OCH3 is 1. The largest absolute Gasteiger partial charge is 0.497 e. The van der Waals surface area contributed by atoms with Crippen molar-refractivity contribution in [2.75, 3.05) is 7.11 Å². The Morgan fingerprint density at radius 1 is 0.391 bits per heavy atom. The normalized spacial score (nSPS) is 11.7. The zero-order chi connectivity index (χ0) is 30.8. The third-order valence-corrected chi connectivity index (χ3v) is 12.3. The summed E-state index contributed by atoms with van der Waals surface area (Å²) in [6, 6.07) is 49.2. The molecular weight excluding hydrogens is 617 g/mol. The van der Waals surface area contributed by atoms with Crippen LogP contribution in [0.2, 0.25) is 0 Å². The molecule has 0 aliphatic heterocycles. The van der Waals surface area contributed by atoms with Gasteiger partial charge in [0.05, 0.1) is 7.11 Å². The van der Waals surface area contributed by atoms with Crippen molar-refractivity contribution in [2.45, 2.75) is 6.92 Å². The molecule has 220 valence electrons. The molecule has 0 saturated heterocycles. The maximum atomic E-state index is 5.31. The summed E-state index contributed by atoms with van der Waals surface area (Å²) < 4.78 is 10.7. The number of benzene rings is 6. The van der Waals surface area contributed by atoms with Crippen LogP contribution in [0.25, 0.3) is 83.5 Å². The topological polar surface area (TPSA) is 9.23 Å². The summed E-state index contributed by atoms with van der Waals surface area (Å²) in [5.74, 6) is 0.878. The Balaban J connectivity index is 1.03. The van der Waals surface area contributed by atoms with Gasteiger partial charge in [-0.1, -0.05) is 90.5 Å².